The summed E-state index contributed by atoms with van der Waals surface area (Å²) in [4.78, 5) is 12.5. The zero-order valence-electron chi connectivity index (χ0n) is 13.8. The minimum Gasteiger partial charge on any atom is -0.316 e. The van der Waals surface area contributed by atoms with Gasteiger partial charge in [-0.05, 0) is 73.7 Å². The Kier molecular flexibility index (Phi) is 6.40. The van der Waals surface area contributed by atoms with Gasteiger partial charge in [0.15, 0.2) is 5.78 Å². The first-order valence-corrected chi connectivity index (χ1v) is 9.62. The molecule has 1 aliphatic rings. The molecule has 0 aliphatic carbocycles. The van der Waals surface area contributed by atoms with Gasteiger partial charge in [-0.3, -0.25) is 4.79 Å². The highest BCUT2D eigenvalue weighted by atomic mass is 35.5. The van der Waals surface area contributed by atoms with E-state index < -0.39 is 0 Å². The van der Waals surface area contributed by atoms with Crippen molar-refractivity contribution in [2.24, 2.45) is 5.92 Å². The number of ketones is 1. The van der Waals surface area contributed by atoms with Gasteiger partial charge < -0.3 is 5.32 Å². The molecular weight excluding hydrogens is 377 g/mol. The van der Waals surface area contributed by atoms with Crippen molar-refractivity contribution in [3.8, 4) is 0 Å². The van der Waals surface area contributed by atoms with E-state index in [2.05, 4.69) is 11.4 Å². The molecule has 0 amide bonds. The van der Waals surface area contributed by atoms with E-state index in [0.29, 0.717) is 20.6 Å². The second-order valence-corrected chi connectivity index (χ2v) is 7.82. The maximum absolute atomic E-state index is 12.5. The summed E-state index contributed by atoms with van der Waals surface area (Å²) in [5.41, 5.74) is 2.52. The Labute approximate surface area is 163 Å². The van der Waals surface area contributed by atoms with E-state index in [4.69, 9.17) is 34.8 Å². The summed E-state index contributed by atoms with van der Waals surface area (Å²) in [6, 6.07) is 10.9. The van der Waals surface area contributed by atoms with Gasteiger partial charge in [-0.15, -0.1) is 0 Å². The Morgan fingerprint density at radius 3 is 2.48 bits per heavy atom. The predicted molar refractivity (Wildman–Crippen MR) is 105 cm³/mol. The Bertz CT molecular complexity index is 772. The van der Waals surface area contributed by atoms with Gasteiger partial charge in [0.2, 0.25) is 0 Å². The van der Waals surface area contributed by atoms with Crippen molar-refractivity contribution in [2.45, 2.75) is 25.7 Å². The van der Waals surface area contributed by atoms with Crippen molar-refractivity contribution in [3.05, 3.63) is 68.2 Å². The van der Waals surface area contributed by atoms with E-state index >= 15 is 0 Å². The lowest BCUT2D eigenvalue weighted by molar-refractivity contribution is 0.0993. The average molecular weight is 397 g/mol. The largest absolute Gasteiger partial charge is 0.316 e. The molecule has 1 heterocycles. The zero-order chi connectivity index (χ0) is 17.8. The average Bonchev–Trinajstić information content (AvgIpc) is 2.52. The number of carbonyl (C=O) groups excluding carboxylic acids is 1. The summed E-state index contributed by atoms with van der Waals surface area (Å²) in [6.45, 7) is 2.30. The standard InChI is InChI=1S/C20H20Cl3NO/c21-16-6-7-17(19(23)10-16)20(25)9-15-5-4-13(8-18(15)22)2-1-3-14-11-24-12-14/h4-8,10,14,24H,1-3,9,11-12H2. The van der Waals surface area contributed by atoms with Crippen LogP contribution in [0.25, 0.3) is 0 Å². The van der Waals surface area contributed by atoms with E-state index in [1.165, 1.54) is 18.4 Å². The Morgan fingerprint density at radius 1 is 1.04 bits per heavy atom. The smallest absolute Gasteiger partial charge is 0.168 e. The lowest BCUT2D eigenvalue weighted by Crippen LogP contribution is -2.41. The maximum Gasteiger partial charge on any atom is 0.168 e. The molecule has 2 nitrogen and oxygen atoms in total. The first-order chi connectivity index (χ1) is 12.0. The minimum absolute atomic E-state index is 0.0613. The number of aryl methyl sites for hydroxylation is 1. The molecule has 1 saturated heterocycles. The molecule has 5 heteroatoms. The van der Waals surface area contributed by atoms with E-state index in [1.807, 2.05) is 12.1 Å². The van der Waals surface area contributed by atoms with Gasteiger partial charge in [0, 0.05) is 22.0 Å². The molecule has 1 N–H and O–H groups in total. The van der Waals surface area contributed by atoms with Crippen LogP contribution < -0.4 is 5.32 Å². The third kappa shape index (κ3) is 4.98. The molecule has 3 rings (SSSR count). The molecule has 0 saturated carbocycles. The van der Waals surface area contributed by atoms with Crippen LogP contribution in [0.3, 0.4) is 0 Å². The maximum atomic E-state index is 12.5. The fourth-order valence-electron chi connectivity index (χ4n) is 3.02. The predicted octanol–water partition coefficient (Wildman–Crippen LogP) is 5.61. The third-order valence-electron chi connectivity index (χ3n) is 4.64. The normalized spacial score (nSPS) is 14.4. The van der Waals surface area contributed by atoms with Crippen LogP contribution in [0, 0.1) is 5.92 Å². The highest BCUT2D eigenvalue weighted by Crippen LogP contribution is 2.25. The molecule has 0 radical (unpaired) electrons. The highest BCUT2D eigenvalue weighted by Gasteiger charge is 2.16. The van der Waals surface area contributed by atoms with Crippen LogP contribution in [-0.2, 0) is 12.8 Å². The SMILES string of the molecule is O=C(Cc1ccc(CCCC2CNC2)cc1Cl)c1ccc(Cl)cc1Cl. The molecule has 25 heavy (non-hydrogen) atoms. The van der Waals surface area contributed by atoms with Crippen molar-refractivity contribution < 1.29 is 4.79 Å². The lowest BCUT2D eigenvalue weighted by Gasteiger charge is -2.26. The summed E-state index contributed by atoms with van der Waals surface area (Å²) >= 11 is 18.4. The topological polar surface area (TPSA) is 29.1 Å². The molecule has 0 bridgehead atoms. The van der Waals surface area contributed by atoms with Gasteiger partial charge in [0.25, 0.3) is 0 Å². The van der Waals surface area contributed by atoms with Crippen molar-refractivity contribution in [2.75, 3.05) is 13.1 Å². The summed E-state index contributed by atoms with van der Waals surface area (Å²) in [5.74, 6) is 0.769. The molecule has 1 fully saturated rings. The van der Waals surface area contributed by atoms with Crippen LogP contribution in [0.4, 0.5) is 0 Å². The van der Waals surface area contributed by atoms with Gasteiger partial charge in [-0.25, -0.2) is 0 Å². The minimum atomic E-state index is -0.0613. The van der Waals surface area contributed by atoms with Crippen molar-refractivity contribution in [3.63, 3.8) is 0 Å². The Morgan fingerprint density at radius 2 is 1.84 bits per heavy atom. The second-order valence-electron chi connectivity index (χ2n) is 6.57. The Balaban J connectivity index is 1.61. The molecule has 132 valence electrons. The van der Waals surface area contributed by atoms with E-state index in [-0.39, 0.29) is 12.2 Å². The van der Waals surface area contributed by atoms with Crippen molar-refractivity contribution >= 4 is 40.6 Å². The Hall–Kier alpha value is -1.06. The van der Waals surface area contributed by atoms with Crippen LogP contribution in [0.5, 0.6) is 0 Å². The summed E-state index contributed by atoms with van der Waals surface area (Å²) in [5, 5.41) is 4.82. The first kappa shape index (κ1) is 18.7. The van der Waals surface area contributed by atoms with E-state index in [0.717, 1.165) is 31.0 Å². The van der Waals surface area contributed by atoms with Crippen LogP contribution in [0.2, 0.25) is 15.1 Å². The molecule has 2 aromatic carbocycles. The molecule has 0 spiro atoms. The lowest BCUT2D eigenvalue weighted by atomic mass is 9.94. The summed E-state index contributed by atoms with van der Waals surface area (Å²) < 4.78 is 0. The summed E-state index contributed by atoms with van der Waals surface area (Å²) in [6.07, 6.45) is 3.67. The number of Topliss-reactive ketones (excluding diaryl/α,β-unsaturated/α-hetero) is 1. The van der Waals surface area contributed by atoms with Gasteiger partial charge in [0.05, 0.1) is 5.02 Å². The quantitative estimate of drug-likeness (QED) is 0.616. The van der Waals surface area contributed by atoms with Gasteiger partial charge in [0.1, 0.15) is 0 Å². The number of benzene rings is 2. The van der Waals surface area contributed by atoms with Crippen molar-refractivity contribution in [1.82, 2.24) is 5.32 Å². The second kappa shape index (κ2) is 8.55. The van der Waals surface area contributed by atoms with Gasteiger partial charge >= 0.3 is 0 Å². The van der Waals surface area contributed by atoms with Crippen molar-refractivity contribution in [1.29, 1.82) is 0 Å². The monoisotopic (exact) mass is 395 g/mol. The molecule has 0 atom stereocenters. The van der Waals surface area contributed by atoms with Crippen LogP contribution in [0.1, 0.15) is 34.3 Å². The van der Waals surface area contributed by atoms with Gasteiger partial charge in [-0.1, -0.05) is 46.9 Å². The van der Waals surface area contributed by atoms with Crippen LogP contribution >= 0.6 is 34.8 Å². The van der Waals surface area contributed by atoms with Crippen LogP contribution in [0.15, 0.2) is 36.4 Å². The number of hydrogen-bond donors (Lipinski definition) is 1. The number of nitrogens with one attached hydrogen (secondary N) is 1. The number of hydrogen-bond acceptors (Lipinski definition) is 2. The number of carbonyl (C=O) groups is 1. The van der Waals surface area contributed by atoms with Gasteiger partial charge in [-0.2, -0.15) is 0 Å². The number of halogens is 3. The molecule has 0 unspecified atom stereocenters. The van der Waals surface area contributed by atoms with E-state index in [1.54, 1.807) is 18.2 Å². The van der Waals surface area contributed by atoms with E-state index in [9.17, 15) is 4.79 Å². The fourth-order valence-corrected chi connectivity index (χ4v) is 3.80. The third-order valence-corrected chi connectivity index (χ3v) is 5.54. The molecule has 0 aromatic heterocycles. The molecular formula is C20H20Cl3NO. The number of rotatable bonds is 7. The molecule has 1 aliphatic heterocycles. The summed E-state index contributed by atoms with van der Waals surface area (Å²) in [7, 11) is 0. The molecule has 2 aromatic rings. The fraction of sp³-hybridized carbons (Fsp3) is 0.350. The first-order valence-electron chi connectivity index (χ1n) is 8.49. The highest BCUT2D eigenvalue weighted by molar-refractivity contribution is 6.37. The zero-order valence-corrected chi connectivity index (χ0v) is 16.1. The van der Waals surface area contributed by atoms with Crippen LogP contribution in [-0.4, -0.2) is 18.9 Å².